The van der Waals surface area contributed by atoms with Gasteiger partial charge in [-0.25, -0.2) is 14.8 Å². The largest absolute Gasteiger partial charge is 0.506 e. The fourth-order valence-corrected chi connectivity index (χ4v) is 3.23. The molecule has 0 atom stereocenters. The number of anilines is 2. The molecule has 0 saturated heterocycles. The van der Waals surface area contributed by atoms with Gasteiger partial charge in [-0.05, 0) is 37.1 Å². The van der Waals surface area contributed by atoms with Crippen molar-refractivity contribution in [3.8, 4) is 5.75 Å². The highest BCUT2D eigenvalue weighted by atomic mass is 32.1. The molecule has 7 heteroatoms. The molecule has 112 valence electrons. The molecular formula is C15H13N3O3S. The van der Waals surface area contributed by atoms with Gasteiger partial charge in [-0.15, -0.1) is 11.3 Å². The van der Waals surface area contributed by atoms with E-state index in [0.717, 1.165) is 16.9 Å². The van der Waals surface area contributed by atoms with E-state index in [1.165, 1.54) is 6.33 Å². The Morgan fingerprint density at radius 2 is 2.05 bits per heavy atom. The number of benzene rings is 1. The minimum Gasteiger partial charge on any atom is -0.506 e. The van der Waals surface area contributed by atoms with E-state index in [1.807, 2.05) is 13.0 Å². The maximum atomic E-state index is 11.3. The van der Waals surface area contributed by atoms with E-state index in [4.69, 9.17) is 0 Å². The van der Waals surface area contributed by atoms with Crippen molar-refractivity contribution < 1.29 is 15.0 Å². The smallest absolute Gasteiger partial charge is 0.346 e. The Kier molecular flexibility index (Phi) is 3.42. The van der Waals surface area contributed by atoms with Gasteiger partial charge in [0.2, 0.25) is 0 Å². The first-order chi connectivity index (χ1) is 10.5. The lowest BCUT2D eigenvalue weighted by Crippen LogP contribution is -1.97. The third-order valence-electron chi connectivity index (χ3n) is 3.33. The Bertz CT molecular complexity index is 889. The van der Waals surface area contributed by atoms with Gasteiger partial charge in [0.1, 0.15) is 27.6 Å². The van der Waals surface area contributed by atoms with Gasteiger partial charge in [-0.1, -0.05) is 6.07 Å². The van der Waals surface area contributed by atoms with Crippen molar-refractivity contribution in [2.75, 3.05) is 5.32 Å². The minimum atomic E-state index is -0.982. The third-order valence-corrected chi connectivity index (χ3v) is 4.52. The van der Waals surface area contributed by atoms with Gasteiger partial charge in [-0.3, -0.25) is 0 Å². The molecule has 0 spiro atoms. The van der Waals surface area contributed by atoms with E-state index in [2.05, 4.69) is 15.3 Å². The molecular weight excluding hydrogens is 302 g/mol. The number of aryl methyl sites for hydroxylation is 2. The van der Waals surface area contributed by atoms with Gasteiger partial charge in [0.05, 0.1) is 11.1 Å². The molecule has 0 aliphatic rings. The number of fused-ring (bicyclic) bond motifs is 1. The lowest BCUT2D eigenvalue weighted by atomic mass is 10.2. The fraction of sp³-hybridized carbons (Fsp3) is 0.133. The first kappa shape index (κ1) is 14.3. The summed E-state index contributed by atoms with van der Waals surface area (Å²) in [6, 6.07) is 5.26. The van der Waals surface area contributed by atoms with E-state index in [1.54, 1.807) is 19.1 Å². The van der Waals surface area contributed by atoms with Crippen molar-refractivity contribution in [3.63, 3.8) is 0 Å². The van der Waals surface area contributed by atoms with Crippen molar-refractivity contribution in [1.29, 1.82) is 0 Å². The van der Waals surface area contributed by atoms with Crippen LogP contribution in [0.25, 0.3) is 10.2 Å². The van der Waals surface area contributed by atoms with Gasteiger partial charge in [0.15, 0.2) is 0 Å². The molecule has 0 aliphatic heterocycles. The Hall–Kier alpha value is -2.67. The van der Waals surface area contributed by atoms with Crippen LogP contribution in [0.3, 0.4) is 0 Å². The standard InChI is InChI=1S/C15H13N3O3S/c1-7-3-4-9(10(19)5-7)18-13-11-8(2)12(15(20)21)22-14(11)17-6-16-13/h3-6,19H,1-2H3,(H,20,21)(H,16,17,18). The molecule has 1 aromatic carbocycles. The van der Waals surface area contributed by atoms with E-state index in [9.17, 15) is 15.0 Å². The Balaban J connectivity index is 2.13. The Morgan fingerprint density at radius 1 is 1.27 bits per heavy atom. The van der Waals surface area contributed by atoms with Crippen LogP contribution in [0.15, 0.2) is 24.5 Å². The molecule has 3 N–H and O–H groups in total. The van der Waals surface area contributed by atoms with Gasteiger partial charge < -0.3 is 15.5 Å². The Labute approximate surface area is 130 Å². The third kappa shape index (κ3) is 2.35. The van der Waals surface area contributed by atoms with Gasteiger partial charge in [-0.2, -0.15) is 0 Å². The van der Waals surface area contributed by atoms with Crippen molar-refractivity contribution >= 4 is 39.0 Å². The molecule has 2 aromatic heterocycles. The summed E-state index contributed by atoms with van der Waals surface area (Å²) in [6.07, 6.45) is 1.37. The maximum Gasteiger partial charge on any atom is 0.346 e. The van der Waals surface area contributed by atoms with Crippen LogP contribution in [0.4, 0.5) is 11.5 Å². The average molecular weight is 315 g/mol. The number of nitrogens with zero attached hydrogens (tertiary/aromatic N) is 2. The van der Waals surface area contributed by atoms with Crippen LogP contribution in [0, 0.1) is 13.8 Å². The van der Waals surface area contributed by atoms with Crippen LogP contribution in [0.2, 0.25) is 0 Å². The lowest BCUT2D eigenvalue weighted by Gasteiger charge is -2.09. The molecule has 0 unspecified atom stereocenters. The zero-order valence-corrected chi connectivity index (χ0v) is 12.7. The number of hydrogen-bond acceptors (Lipinski definition) is 6. The Morgan fingerprint density at radius 3 is 2.73 bits per heavy atom. The number of aromatic hydroxyl groups is 1. The number of phenols is 1. The van der Waals surface area contributed by atoms with Crippen LogP contribution in [0.1, 0.15) is 20.8 Å². The second-order valence-electron chi connectivity index (χ2n) is 4.91. The van der Waals surface area contributed by atoms with Gasteiger partial charge >= 0.3 is 5.97 Å². The number of rotatable bonds is 3. The van der Waals surface area contributed by atoms with Crippen LogP contribution < -0.4 is 5.32 Å². The molecule has 22 heavy (non-hydrogen) atoms. The maximum absolute atomic E-state index is 11.3. The van der Waals surface area contributed by atoms with E-state index < -0.39 is 5.97 Å². The summed E-state index contributed by atoms with van der Waals surface area (Å²) < 4.78 is 0. The van der Waals surface area contributed by atoms with Crippen molar-refractivity contribution in [1.82, 2.24) is 9.97 Å². The molecule has 0 aliphatic carbocycles. The first-order valence-corrected chi connectivity index (χ1v) is 7.33. The van der Waals surface area contributed by atoms with Gasteiger partial charge in [0.25, 0.3) is 0 Å². The number of thiophene rings is 1. The zero-order valence-electron chi connectivity index (χ0n) is 11.9. The number of carboxylic acids is 1. The second-order valence-corrected chi connectivity index (χ2v) is 5.91. The molecule has 3 rings (SSSR count). The van der Waals surface area contributed by atoms with Crippen LogP contribution in [0.5, 0.6) is 5.75 Å². The number of nitrogens with one attached hydrogen (secondary N) is 1. The predicted molar refractivity (Wildman–Crippen MR) is 85.2 cm³/mol. The van der Waals surface area contributed by atoms with Crippen LogP contribution in [-0.2, 0) is 0 Å². The highest BCUT2D eigenvalue weighted by Gasteiger charge is 2.19. The van der Waals surface area contributed by atoms with Crippen molar-refractivity contribution in [2.45, 2.75) is 13.8 Å². The summed E-state index contributed by atoms with van der Waals surface area (Å²) in [5.41, 5.74) is 2.06. The van der Waals surface area contributed by atoms with Crippen molar-refractivity contribution in [2.24, 2.45) is 0 Å². The van der Waals surface area contributed by atoms with Crippen LogP contribution in [-0.4, -0.2) is 26.2 Å². The SMILES string of the molecule is Cc1ccc(Nc2ncnc3sc(C(=O)O)c(C)c23)c(O)c1. The predicted octanol–water partition coefficient (Wildman–Crippen LogP) is 3.46. The number of aromatic carboxylic acids is 1. The normalized spacial score (nSPS) is 10.8. The number of hydrogen-bond donors (Lipinski definition) is 3. The van der Waals surface area contributed by atoms with E-state index in [0.29, 0.717) is 27.3 Å². The molecule has 0 fully saturated rings. The highest BCUT2D eigenvalue weighted by Crippen LogP contribution is 2.35. The number of carboxylic acid groups (broad SMARTS) is 1. The molecule has 2 heterocycles. The van der Waals surface area contributed by atoms with Gasteiger partial charge in [0, 0.05) is 0 Å². The summed E-state index contributed by atoms with van der Waals surface area (Å²) in [5, 5.41) is 22.9. The molecule has 0 bridgehead atoms. The van der Waals surface area contributed by atoms with Crippen molar-refractivity contribution in [3.05, 3.63) is 40.5 Å². The topological polar surface area (TPSA) is 95.3 Å². The molecule has 0 amide bonds. The zero-order chi connectivity index (χ0) is 15.9. The van der Waals surface area contributed by atoms with E-state index in [-0.39, 0.29) is 10.6 Å². The summed E-state index contributed by atoms with van der Waals surface area (Å²) in [6.45, 7) is 3.61. The minimum absolute atomic E-state index is 0.109. The average Bonchev–Trinajstić information content (AvgIpc) is 2.80. The quantitative estimate of drug-likeness (QED) is 0.641. The molecule has 0 saturated carbocycles. The lowest BCUT2D eigenvalue weighted by molar-refractivity contribution is 0.0701. The fourth-order valence-electron chi connectivity index (χ4n) is 2.25. The second kappa shape index (κ2) is 5.27. The van der Waals surface area contributed by atoms with Crippen LogP contribution >= 0.6 is 11.3 Å². The number of phenolic OH excluding ortho intramolecular Hbond substituents is 1. The molecule has 6 nitrogen and oxygen atoms in total. The first-order valence-electron chi connectivity index (χ1n) is 6.51. The van der Waals surface area contributed by atoms with E-state index >= 15 is 0 Å². The summed E-state index contributed by atoms with van der Waals surface area (Å²) >= 11 is 1.11. The summed E-state index contributed by atoms with van der Waals surface area (Å²) in [4.78, 5) is 20.4. The number of carbonyl (C=O) groups is 1. The molecule has 0 radical (unpaired) electrons. The highest BCUT2D eigenvalue weighted by molar-refractivity contribution is 7.20. The number of aromatic nitrogens is 2. The summed E-state index contributed by atoms with van der Waals surface area (Å²) in [7, 11) is 0. The summed E-state index contributed by atoms with van der Waals surface area (Å²) in [5.74, 6) is -0.395. The monoisotopic (exact) mass is 315 g/mol. The molecule has 3 aromatic rings.